The summed E-state index contributed by atoms with van der Waals surface area (Å²) in [4.78, 5) is 19.4. The van der Waals surface area contributed by atoms with E-state index in [2.05, 4.69) is 21.8 Å². The quantitative estimate of drug-likeness (QED) is 0.805. The smallest absolute Gasteiger partial charge is 0.335 e. The van der Waals surface area contributed by atoms with Gasteiger partial charge in [-0.1, -0.05) is 11.6 Å². The average molecular weight is 256 g/mol. The average Bonchev–Trinajstić information content (AvgIpc) is 2.29. The van der Waals surface area contributed by atoms with E-state index in [1.165, 1.54) is 6.07 Å². The van der Waals surface area contributed by atoms with Crippen molar-refractivity contribution >= 4 is 23.4 Å². The maximum Gasteiger partial charge on any atom is 0.335 e. The molecule has 5 nitrogen and oxygen atoms in total. The van der Waals surface area contributed by atoms with E-state index < -0.39 is 5.97 Å². The van der Waals surface area contributed by atoms with E-state index in [1.54, 1.807) is 6.07 Å². The summed E-state index contributed by atoms with van der Waals surface area (Å²) >= 11 is 5.83. The lowest BCUT2D eigenvalue weighted by molar-refractivity contribution is 0.0697. The van der Waals surface area contributed by atoms with Crippen LogP contribution in [0.15, 0.2) is 12.1 Å². The largest absolute Gasteiger partial charge is 0.478 e. The lowest BCUT2D eigenvalue weighted by Crippen LogP contribution is -2.44. The van der Waals surface area contributed by atoms with Gasteiger partial charge in [0.2, 0.25) is 0 Å². The van der Waals surface area contributed by atoms with Crippen LogP contribution in [0.1, 0.15) is 10.4 Å². The summed E-state index contributed by atoms with van der Waals surface area (Å²) in [7, 11) is 2.06. The highest BCUT2D eigenvalue weighted by molar-refractivity contribution is 6.29. The first-order valence-electron chi connectivity index (χ1n) is 5.40. The lowest BCUT2D eigenvalue weighted by atomic mass is 10.2. The molecular formula is C11H14ClN3O2. The number of likely N-dealkylation sites (N-methyl/N-ethyl adjacent to an activating group) is 1. The summed E-state index contributed by atoms with van der Waals surface area (Å²) in [5.74, 6) is -0.340. The fourth-order valence-corrected chi connectivity index (χ4v) is 2.01. The van der Waals surface area contributed by atoms with Crippen molar-refractivity contribution in [2.24, 2.45) is 0 Å². The first-order valence-corrected chi connectivity index (χ1v) is 5.78. The Balaban J connectivity index is 2.23. The second-order valence-electron chi connectivity index (χ2n) is 4.13. The molecule has 0 unspecified atom stereocenters. The zero-order chi connectivity index (χ0) is 12.4. The molecule has 0 atom stereocenters. The number of carbonyl (C=O) groups is 1. The maximum atomic E-state index is 10.9. The van der Waals surface area contributed by atoms with Crippen molar-refractivity contribution < 1.29 is 9.90 Å². The number of hydrogen-bond acceptors (Lipinski definition) is 4. The van der Waals surface area contributed by atoms with Crippen molar-refractivity contribution in [2.75, 3.05) is 38.1 Å². The molecule has 1 fully saturated rings. The monoisotopic (exact) mass is 255 g/mol. The van der Waals surface area contributed by atoms with Gasteiger partial charge in [0.1, 0.15) is 11.0 Å². The van der Waals surface area contributed by atoms with E-state index in [0.29, 0.717) is 5.82 Å². The Kier molecular flexibility index (Phi) is 3.49. The third kappa shape index (κ3) is 2.87. The first kappa shape index (κ1) is 12.1. The van der Waals surface area contributed by atoms with Crippen LogP contribution in [-0.4, -0.2) is 54.2 Å². The van der Waals surface area contributed by atoms with Crippen molar-refractivity contribution in [3.63, 3.8) is 0 Å². The molecular weight excluding hydrogens is 242 g/mol. The topological polar surface area (TPSA) is 56.7 Å². The number of carboxylic acids is 1. The minimum absolute atomic E-state index is 0.180. The third-order valence-electron chi connectivity index (χ3n) is 2.85. The number of aromatic nitrogens is 1. The van der Waals surface area contributed by atoms with Crippen molar-refractivity contribution in [1.82, 2.24) is 9.88 Å². The highest BCUT2D eigenvalue weighted by Crippen LogP contribution is 2.19. The van der Waals surface area contributed by atoms with Gasteiger partial charge < -0.3 is 14.9 Å². The molecule has 1 aromatic heterocycles. The van der Waals surface area contributed by atoms with E-state index in [0.717, 1.165) is 26.2 Å². The Morgan fingerprint density at radius 3 is 2.59 bits per heavy atom. The number of nitrogens with zero attached hydrogens (tertiary/aromatic N) is 3. The van der Waals surface area contributed by atoms with E-state index in [1.807, 2.05) is 0 Å². The number of piperazine rings is 1. The van der Waals surface area contributed by atoms with Crippen LogP contribution in [0.5, 0.6) is 0 Å². The van der Waals surface area contributed by atoms with Crippen molar-refractivity contribution in [3.05, 3.63) is 22.8 Å². The Labute approximate surface area is 105 Å². The SMILES string of the molecule is CN1CCN(c2cc(C(=O)O)cc(Cl)n2)CC1. The van der Waals surface area contributed by atoms with Gasteiger partial charge in [-0.2, -0.15) is 0 Å². The van der Waals surface area contributed by atoms with Gasteiger partial charge in [0.25, 0.3) is 0 Å². The van der Waals surface area contributed by atoms with Crippen molar-refractivity contribution in [2.45, 2.75) is 0 Å². The molecule has 17 heavy (non-hydrogen) atoms. The van der Waals surface area contributed by atoms with E-state index in [4.69, 9.17) is 16.7 Å². The molecule has 1 N–H and O–H groups in total. The van der Waals surface area contributed by atoms with Crippen LogP contribution in [0.2, 0.25) is 5.15 Å². The summed E-state index contributed by atoms with van der Waals surface area (Å²) in [6.45, 7) is 3.55. The Bertz CT molecular complexity index is 431. The molecule has 0 radical (unpaired) electrons. The molecule has 0 saturated carbocycles. The summed E-state index contributed by atoms with van der Waals surface area (Å²) in [6.07, 6.45) is 0. The summed E-state index contributed by atoms with van der Waals surface area (Å²) in [5, 5.41) is 9.18. The van der Waals surface area contributed by atoms with Crippen LogP contribution in [0.3, 0.4) is 0 Å². The molecule has 0 aliphatic carbocycles. The molecule has 1 saturated heterocycles. The molecule has 92 valence electrons. The molecule has 1 aliphatic rings. The van der Waals surface area contributed by atoms with E-state index in [-0.39, 0.29) is 10.7 Å². The standard InChI is InChI=1S/C11H14ClN3O2/c1-14-2-4-15(5-3-14)10-7-8(11(16)17)6-9(12)13-10/h6-7H,2-5H2,1H3,(H,16,17). The predicted molar refractivity (Wildman–Crippen MR) is 65.9 cm³/mol. The summed E-state index contributed by atoms with van der Waals surface area (Å²) in [5.41, 5.74) is 0.180. The highest BCUT2D eigenvalue weighted by atomic mass is 35.5. The fourth-order valence-electron chi connectivity index (χ4n) is 1.80. The molecule has 6 heteroatoms. The second kappa shape index (κ2) is 4.89. The number of anilines is 1. The first-order chi connectivity index (χ1) is 8.06. The highest BCUT2D eigenvalue weighted by Gasteiger charge is 2.17. The normalized spacial score (nSPS) is 17.2. The van der Waals surface area contributed by atoms with Crippen molar-refractivity contribution in [3.8, 4) is 0 Å². The van der Waals surface area contributed by atoms with Crippen LogP contribution in [0, 0.1) is 0 Å². The molecule has 0 amide bonds. The van der Waals surface area contributed by atoms with E-state index >= 15 is 0 Å². The third-order valence-corrected chi connectivity index (χ3v) is 3.05. The van der Waals surface area contributed by atoms with Crippen LogP contribution in [-0.2, 0) is 0 Å². The Hall–Kier alpha value is -1.33. The van der Waals surface area contributed by atoms with Gasteiger partial charge in [-0.15, -0.1) is 0 Å². The molecule has 2 heterocycles. The minimum atomic E-state index is -0.982. The van der Waals surface area contributed by atoms with Crippen LogP contribution in [0.4, 0.5) is 5.82 Å². The van der Waals surface area contributed by atoms with Crippen LogP contribution < -0.4 is 4.90 Å². The zero-order valence-electron chi connectivity index (χ0n) is 9.56. The van der Waals surface area contributed by atoms with Crippen LogP contribution >= 0.6 is 11.6 Å². The molecule has 0 aromatic carbocycles. The van der Waals surface area contributed by atoms with Gasteiger partial charge in [-0.25, -0.2) is 9.78 Å². The zero-order valence-corrected chi connectivity index (χ0v) is 10.3. The summed E-state index contributed by atoms with van der Waals surface area (Å²) in [6, 6.07) is 2.93. The number of halogens is 1. The molecule has 0 spiro atoms. The van der Waals surface area contributed by atoms with Gasteiger partial charge in [0.05, 0.1) is 5.56 Å². The molecule has 0 bridgehead atoms. The number of rotatable bonds is 2. The van der Waals surface area contributed by atoms with Crippen LogP contribution in [0.25, 0.3) is 0 Å². The predicted octanol–water partition coefficient (Wildman–Crippen LogP) is 1.18. The van der Waals surface area contributed by atoms with Gasteiger partial charge in [-0.05, 0) is 19.2 Å². The number of aromatic carboxylic acids is 1. The number of hydrogen-bond donors (Lipinski definition) is 1. The number of pyridine rings is 1. The fraction of sp³-hybridized carbons (Fsp3) is 0.455. The lowest BCUT2D eigenvalue weighted by Gasteiger charge is -2.33. The second-order valence-corrected chi connectivity index (χ2v) is 4.52. The molecule has 2 rings (SSSR count). The molecule has 1 aromatic rings. The Morgan fingerprint density at radius 1 is 1.35 bits per heavy atom. The Morgan fingerprint density at radius 2 is 2.00 bits per heavy atom. The van der Waals surface area contributed by atoms with Crippen molar-refractivity contribution in [1.29, 1.82) is 0 Å². The van der Waals surface area contributed by atoms with E-state index in [9.17, 15) is 4.79 Å². The van der Waals surface area contributed by atoms with Gasteiger partial charge in [0.15, 0.2) is 0 Å². The van der Waals surface area contributed by atoms with Gasteiger partial charge in [0, 0.05) is 26.2 Å². The summed E-state index contributed by atoms with van der Waals surface area (Å²) < 4.78 is 0. The minimum Gasteiger partial charge on any atom is -0.478 e. The maximum absolute atomic E-state index is 10.9. The number of carboxylic acid groups (broad SMARTS) is 1. The van der Waals surface area contributed by atoms with Gasteiger partial charge >= 0.3 is 5.97 Å². The molecule has 1 aliphatic heterocycles. The van der Waals surface area contributed by atoms with Gasteiger partial charge in [-0.3, -0.25) is 0 Å².